The van der Waals surface area contributed by atoms with E-state index in [9.17, 15) is 15.0 Å². The van der Waals surface area contributed by atoms with E-state index in [1.54, 1.807) is 6.07 Å². The molecule has 0 aliphatic carbocycles. The Kier molecular flexibility index (Phi) is 7.25. The zero-order valence-corrected chi connectivity index (χ0v) is 15.7. The first-order valence-corrected chi connectivity index (χ1v) is 9.37. The lowest BCUT2D eigenvalue weighted by Crippen LogP contribution is -2.37. The van der Waals surface area contributed by atoms with E-state index in [4.69, 9.17) is 9.47 Å². The highest BCUT2D eigenvalue weighted by Gasteiger charge is 2.21. The molecule has 2 aromatic carbocycles. The van der Waals surface area contributed by atoms with Crippen LogP contribution in [0.15, 0.2) is 54.6 Å². The van der Waals surface area contributed by atoms with Gasteiger partial charge in [0.1, 0.15) is 18.8 Å². The Morgan fingerprint density at radius 2 is 1.86 bits per heavy atom. The van der Waals surface area contributed by atoms with Crippen molar-refractivity contribution in [2.24, 2.45) is 0 Å². The number of amides is 1. The Balaban J connectivity index is 1.48. The van der Waals surface area contributed by atoms with Crippen LogP contribution in [0, 0.1) is 0 Å². The molecule has 1 heterocycles. The lowest BCUT2D eigenvalue weighted by atomic mass is 10.0. The molecule has 1 aliphatic rings. The van der Waals surface area contributed by atoms with Gasteiger partial charge in [-0.15, -0.1) is 0 Å². The maximum atomic E-state index is 11.8. The van der Waals surface area contributed by atoms with Gasteiger partial charge in [-0.25, -0.2) is 4.79 Å². The number of anilines is 1. The van der Waals surface area contributed by atoms with Crippen LogP contribution in [0.25, 0.3) is 0 Å². The highest BCUT2D eigenvalue weighted by molar-refractivity contribution is 5.67. The maximum absolute atomic E-state index is 11.8. The first-order valence-electron chi connectivity index (χ1n) is 9.37. The van der Waals surface area contributed by atoms with Crippen molar-refractivity contribution in [2.75, 3.05) is 37.7 Å². The topological polar surface area (TPSA) is 91.3 Å². The standard InChI is InChI=1S/C21H26N2O5/c24-19(14-22-21(26)28-15-16-5-2-1-3-6-16)20(25)17-7-4-8-18(13-17)23-9-11-27-12-10-23/h1-8,13,19-20,24-25H,9-12,14-15H2,(H,22,26). The molecule has 28 heavy (non-hydrogen) atoms. The van der Waals surface area contributed by atoms with Gasteiger partial charge in [-0.1, -0.05) is 42.5 Å². The molecule has 1 fully saturated rings. The van der Waals surface area contributed by atoms with Crippen molar-refractivity contribution in [2.45, 2.75) is 18.8 Å². The molecule has 0 spiro atoms. The molecular formula is C21H26N2O5. The van der Waals surface area contributed by atoms with Crippen molar-refractivity contribution in [3.8, 4) is 0 Å². The molecule has 7 heteroatoms. The highest BCUT2D eigenvalue weighted by atomic mass is 16.5. The van der Waals surface area contributed by atoms with Crippen LogP contribution in [0.5, 0.6) is 0 Å². The molecule has 3 N–H and O–H groups in total. The SMILES string of the molecule is O=C(NCC(O)C(O)c1cccc(N2CCOCC2)c1)OCc1ccccc1. The average Bonchev–Trinajstić information content (AvgIpc) is 2.77. The van der Waals surface area contributed by atoms with E-state index in [1.165, 1.54) is 0 Å². The molecule has 150 valence electrons. The molecule has 3 rings (SSSR count). The summed E-state index contributed by atoms with van der Waals surface area (Å²) in [5, 5.41) is 23.2. The summed E-state index contributed by atoms with van der Waals surface area (Å²) in [7, 11) is 0. The van der Waals surface area contributed by atoms with Crippen LogP contribution in [0.2, 0.25) is 0 Å². The molecule has 1 amide bonds. The van der Waals surface area contributed by atoms with E-state index >= 15 is 0 Å². The Bertz CT molecular complexity index is 749. The lowest BCUT2D eigenvalue weighted by Gasteiger charge is -2.29. The van der Waals surface area contributed by atoms with Crippen molar-refractivity contribution in [1.82, 2.24) is 5.32 Å². The van der Waals surface area contributed by atoms with E-state index in [0.29, 0.717) is 18.8 Å². The number of carbonyl (C=O) groups excluding carboxylic acids is 1. The Labute approximate surface area is 164 Å². The Morgan fingerprint density at radius 1 is 1.11 bits per heavy atom. The summed E-state index contributed by atoms with van der Waals surface area (Å²) in [4.78, 5) is 14.0. The molecule has 0 aromatic heterocycles. The summed E-state index contributed by atoms with van der Waals surface area (Å²) >= 11 is 0. The van der Waals surface area contributed by atoms with Gasteiger partial charge in [-0.05, 0) is 23.3 Å². The number of benzene rings is 2. The highest BCUT2D eigenvalue weighted by Crippen LogP contribution is 2.23. The number of hydrogen-bond acceptors (Lipinski definition) is 6. The van der Waals surface area contributed by atoms with Gasteiger partial charge in [0.2, 0.25) is 0 Å². The van der Waals surface area contributed by atoms with Crippen LogP contribution >= 0.6 is 0 Å². The second kappa shape index (κ2) is 10.1. The predicted molar refractivity (Wildman–Crippen MR) is 105 cm³/mol. The van der Waals surface area contributed by atoms with Gasteiger partial charge in [0.25, 0.3) is 0 Å². The molecule has 1 aliphatic heterocycles. The normalized spacial score (nSPS) is 16.3. The third kappa shape index (κ3) is 5.69. The van der Waals surface area contributed by atoms with E-state index < -0.39 is 18.3 Å². The smallest absolute Gasteiger partial charge is 0.407 e. The number of ether oxygens (including phenoxy) is 2. The fraction of sp³-hybridized carbons (Fsp3) is 0.381. The third-order valence-electron chi connectivity index (χ3n) is 4.62. The molecule has 0 bridgehead atoms. The number of morpholine rings is 1. The van der Waals surface area contributed by atoms with Crippen LogP contribution in [-0.2, 0) is 16.1 Å². The summed E-state index contributed by atoms with van der Waals surface area (Å²) in [5.41, 5.74) is 2.44. The second-order valence-corrected chi connectivity index (χ2v) is 6.65. The molecule has 1 saturated heterocycles. The third-order valence-corrected chi connectivity index (χ3v) is 4.62. The van der Waals surface area contributed by atoms with Gasteiger partial charge in [-0.3, -0.25) is 0 Å². The van der Waals surface area contributed by atoms with Crippen molar-refractivity contribution in [1.29, 1.82) is 0 Å². The lowest BCUT2D eigenvalue weighted by molar-refractivity contribution is 0.0184. The summed E-state index contributed by atoms with van der Waals surface area (Å²) in [6.07, 6.45) is -2.91. The van der Waals surface area contributed by atoms with E-state index in [-0.39, 0.29) is 13.2 Å². The van der Waals surface area contributed by atoms with Gasteiger partial charge in [0.05, 0.1) is 13.2 Å². The van der Waals surface area contributed by atoms with Gasteiger partial charge in [0, 0.05) is 25.3 Å². The average molecular weight is 386 g/mol. The number of alkyl carbamates (subject to hydrolysis) is 1. The second-order valence-electron chi connectivity index (χ2n) is 6.65. The van der Waals surface area contributed by atoms with E-state index in [1.807, 2.05) is 48.5 Å². The quantitative estimate of drug-likeness (QED) is 0.673. The van der Waals surface area contributed by atoms with Gasteiger partial charge < -0.3 is 29.9 Å². The van der Waals surface area contributed by atoms with Crippen molar-refractivity contribution >= 4 is 11.8 Å². The molecule has 2 aromatic rings. The van der Waals surface area contributed by atoms with Crippen molar-refractivity contribution in [3.05, 3.63) is 65.7 Å². The zero-order chi connectivity index (χ0) is 19.8. The summed E-state index contributed by atoms with van der Waals surface area (Å²) in [6.45, 7) is 2.95. The number of hydrogen-bond donors (Lipinski definition) is 3. The predicted octanol–water partition coefficient (Wildman–Crippen LogP) is 1.84. The van der Waals surface area contributed by atoms with Crippen LogP contribution in [0.4, 0.5) is 10.5 Å². The molecular weight excluding hydrogens is 360 g/mol. The molecule has 7 nitrogen and oxygen atoms in total. The number of aliphatic hydroxyl groups excluding tert-OH is 2. The first-order chi connectivity index (χ1) is 13.6. The number of nitrogens with zero attached hydrogens (tertiary/aromatic N) is 1. The fourth-order valence-electron chi connectivity index (χ4n) is 3.02. The monoisotopic (exact) mass is 386 g/mol. The largest absolute Gasteiger partial charge is 0.445 e. The minimum atomic E-state index is -1.15. The minimum Gasteiger partial charge on any atom is -0.445 e. The zero-order valence-electron chi connectivity index (χ0n) is 15.7. The van der Waals surface area contributed by atoms with Gasteiger partial charge in [-0.2, -0.15) is 0 Å². The molecule has 2 unspecified atom stereocenters. The molecule has 2 atom stereocenters. The van der Waals surface area contributed by atoms with E-state index in [0.717, 1.165) is 24.3 Å². The molecule has 0 radical (unpaired) electrons. The van der Waals surface area contributed by atoms with Crippen LogP contribution in [0.1, 0.15) is 17.2 Å². The number of nitrogens with one attached hydrogen (secondary N) is 1. The number of aliphatic hydroxyl groups is 2. The first kappa shape index (κ1) is 20.1. The molecule has 0 saturated carbocycles. The Morgan fingerprint density at radius 3 is 2.61 bits per heavy atom. The summed E-state index contributed by atoms with van der Waals surface area (Å²) in [5.74, 6) is 0. The van der Waals surface area contributed by atoms with Crippen molar-refractivity contribution < 1.29 is 24.5 Å². The van der Waals surface area contributed by atoms with Crippen LogP contribution in [0.3, 0.4) is 0 Å². The maximum Gasteiger partial charge on any atom is 0.407 e. The van der Waals surface area contributed by atoms with Gasteiger partial charge in [0.15, 0.2) is 0 Å². The van der Waals surface area contributed by atoms with Crippen LogP contribution in [-0.4, -0.2) is 55.3 Å². The minimum absolute atomic E-state index is 0.115. The summed E-state index contributed by atoms with van der Waals surface area (Å²) < 4.78 is 10.5. The van der Waals surface area contributed by atoms with Crippen LogP contribution < -0.4 is 10.2 Å². The summed E-state index contributed by atoms with van der Waals surface area (Å²) in [6, 6.07) is 16.7. The van der Waals surface area contributed by atoms with Crippen molar-refractivity contribution in [3.63, 3.8) is 0 Å². The fourth-order valence-corrected chi connectivity index (χ4v) is 3.02. The number of carbonyl (C=O) groups is 1. The number of rotatable bonds is 7. The Hall–Kier alpha value is -2.61. The van der Waals surface area contributed by atoms with E-state index in [2.05, 4.69) is 10.2 Å². The van der Waals surface area contributed by atoms with Gasteiger partial charge >= 0.3 is 6.09 Å².